The molecule has 0 aliphatic carbocycles. The van der Waals surface area contributed by atoms with Crippen LogP contribution in [0.4, 0.5) is 18.0 Å². The molecule has 1 aromatic rings. The topological polar surface area (TPSA) is 47.6 Å². The van der Waals surface area contributed by atoms with Crippen molar-refractivity contribution in [3.8, 4) is 0 Å². The van der Waals surface area contributed by atoms with Crippen LogP contribution in [0.2, 0.25) is 0 Å². The predicted octanol–water partition coefficient (Wildman–Crippen LogP) is 2.59. The minimum atomic E-state index is -4.19. The van der Waals surface area contributed by atoms with Crippen molar-refractivity contribution in [3.05, 3.63) is 35.9 Å². The molecule has 2 aliphatic rings. The molecule has 1 atom stereocenters. The maximum atomic E-state index is 12.4. The molecule has 0 aromatic heterocycles. The summed E-state index contributed by atoms with van der Waals surface area (Å²) in [5.74, 6) is 0. The van der Waals surface area contributed by atoms with Gasteiger partial charge in [0.1, 0.15) is 0 Å². The van der Waals surface area contributed by atoms with Crippen LogP contribution in [0.5, 0.6) is 0 Å². The van der Waals surface area contributed by atoms with Crippen LogP contribution >= 0.6 is 0 Å². The van der Waals surface area contributed by atoms with E-state index in [1.165, 1.54) is 10.5 Å². The van der Waals surface area contributed by atoms with E-state index >= 15 is 0 Å². The van der Waals surface area contributed by atoms with E-state index in [1.807, 2.05) is 18.2 Å². The van der Waals surface area contributed by atoms with Gasteiger partial charge in [0.05, 0.1) is 6.54 Å². The lowest BCUT2D eigenvalue weighted by molar-refractivity contribution is -0.143. The fraction of sp³-hybridized carbons (Fsp3) is 0.632. The molecule has 2 fully saturated rings. The number of urea groups is 1. The quantitative estimate of drug-likeness (QED) is 0.821. The normalized spacial score (nSPS) is 22.7. The Morgan fingerprint density at radius 2 is 1.56 bits per heavy atom. The van der Waals surface area contributed by atoms with Crippen LogP contribution in [-0.4, -0.2) is 66.8 Å². The number of alkyl halides is 3. The molecule has 0 saturated carbocycles. The van der Waals surface area contributed by atoms with E-state index in [-0.39, 0.29) is 24.7 Å². The van der Waals surface area contributed by atoms with Gasteiger partial charge in [0.2, 0.25) is 0 Å². The molecule has 2 N–H and O–H groups in total. The number of nitrogens with zero attached hydrogens (tertiary/aromatic N) is 2. The third-order valence-corrected chi connectivity index (χ3v) is 5.18. The second kappa shape index (κ2) is 8.93. The highest BCUT2D eigenvalue weighted by Gasteiger charge is 2.34. The summed E-state index contributed by atoms with van der Waals surface area (Å²) in [7, 11) is 0. The Labute approximate surface area is 157 Å². The molecule has 0 spiro atoms. The van der Waals surface area contributed by atoms with Crippen molar-refractivity contribution < 1.29 is 18.0 Å². The van der Waals surface area contributed by atoms with Crippen LogP contribution in [-0.2, 0) is 6.54 Å². The monoisotopic (exact) mass is 384 g/mol. The van der Waals surface area contributed by atoms with Gasteiger partial charge < -0.3 is 10.6 Å². The molecule has 150 valence electrons. The standard InChI is InChI=1S/C19H27F3N4O/c20-19(21,22)14-26-11-8-17(13-26)24-18(27)23-16-6-9-25(10-7-16)12-15-4-2-1-3-5-15/h1-5,16-17H,6-14H2,(H2,23,24,27). The Morgan fingerprint density at radius 1 is 0.963 bits per heavy atom. The first kappa shape index (κ1) is 19.9. The van der Waals surface area contributed by atoms with Gasteiger partial charge in [0.15, 0.2) is 0 Å². The first-order chi connectivity index (χ1) is 12.9. The van der Waals surface area contributed by atoms with Gasteiger partial charge in [0, 0.05) is 44.8 Å². The van der Waals surface area contributed by atoms with Gasteiger partial charge in [-0.2, -0.15) is 13.2 Å². The van der Waals surface area contributed by atoms with Crippen LogP contribution < -0.4 is 10.6 Å². The summed E-state index contributed by atoms with van der Waals surface area (Å²) in [5.41, 5.74) is 1.28. The number of halogens is 3. The second-order valence-corrected chi connectivity index (χ2v) is 7.49. The smallest absolute Gasteiger partial charge is 0.335 e. The lowest BCUT2D eigenvalue weighted by Crippen LogP contribution is -2.50. The molecule has 0 bridgehead atoms. The van der Waals surface area contributed by atoms with E-state index in [0.717, 1.165) is 32.5 Å². The van der Waals surface area contributed by atoms with Crippen molar-refractivity contribution in [1.82, 2.24) is 20.4 Å². The third-order valence-electron chi connectivity index (χ3n) is 5.18. The Hall–Kier alpha value is -1.80. The number of hydrogen-bond acceptors (Lipinski definition) is 3. The Kier molecular flexibility index (Phi) is 6.59. The van der Waals surface area contributed by atoms with Crippen LogP contribution in [0.25, 0.3) is 0 Å². The molecule has 1 aromatic carbocycles. The Balaban J connectivity index is 1.34. The van der Waals surface area contributed by atoms with E-state index in [2.05, 4.69) is 27.7 Å². The van der Waals surface area contributed by atoms with Crippen LogP contribution in [0, 0.1) is 0 Å². The maximum absolute atomic E-state index is 12.4. The van der Waals surface area contributed by atoms with Gasteiger partial charge >= 0.3 is 12.2 Å². The Morgan fingerprint density at radius 3 is 2.22 bits per heavy atom. The molecule has 0 radical (unpaired) electrons. The maximum Gasteiger partial charge on any atom is 0.401 e. The fourth-order valence-corrected chi connectivity index (χ4v) is 3.84. The highest BCUT2D eigenvalue weighted by atomic mass is 19.4. The van der Waals surface area contributed by atoms with Gasteiger partial charge in [-0.3, -0.25) is 9.80 Å². The van der Waals surface area contributed by atoms with E-state index in [1.54, 1.807) is 0 Å². The van der Waals surface area contributed by atoms with E-state index in [9.17, 15) is 18.0 Å². The van der Waals surface area contributed by atoms with Crippen molar-refractivity contribution in [2.75, 3.05) is 32.7 Å². The first-order valence-electron chi connectivity index (χ1n) is 9.50. The zero-order valence-corrected chi connectivity index (χ0v) is 15.3. The summed E-state index contributed by atoms with van der Waals surface area (Å²) in [4.78, 5) is 15.9. The lowest BCUT2D eigenvalue weighted by atomic mass is 10.0. The largest absolute Gasteiger partial charge is 0.401 e. The summed E-state index contributed by atoms with van der Waals surface area (Å²) >= 11 is 0. The van der Waals surface area contributed by atoms with Gasteiger partial charge in [-0.1, -0.05) is 30.3 Å². The molecule has 27 heavy (non-hydrogen) atoms. The van der Waals surface area contributed by atoms with Gasteiger partial charge in [-0.05, 0) is 24.8 Å². The minimum Gasteiger partial charge on any atom is -0.335 e. The molecular formula is C19H27F3N4O. The molecule has 2 aliphatic heterocycles. The van der Waals surface area contributed by atoms with Crippen molar-refractivity contribution in [3.63, 3.8) is 0 Å². The molecule has 2 amide bonds. The Bertz CT molecular complexity index is 603. The average molecular weight is 384 g/mol. The number of benzene rings is 1. The van der Waals surface area contributed by atoms with Crippen molar-refractivity contribution >= 4 is 6.03 Å². The van der Waals surface area contributed by atoms with Crippen molar-refractivity contribution in [2.24, 2.45) is 0 Å². The number of likely N-dealkylation sites (tertiary alicyclic amines) is 2. The number of hydrogen-bond donors (Lipinski definition) is 2. The summed E-state index contributed by atoms with van der Waals surface area (Å²) in [6, 6.07) is 9.93. The SMILES string of the molecule is O=C(NC1CCN(Cc2ccccc2)CC1)NC1CCN(CC(F)(F)F)C1. The van der Waals surface area contributed by atoms with Gasteiger partial charge in [-0.25, -0.2) is 4.79 Å². The lowest BCUT2D eigenvalue weighted by Gasteiger charge is -2.32. The van der Waals surface area contributed by atoms with Crippen molar-refractivity contribution in [2.45, 2.75) is 44.1 Å². The van der Waals surface area contributed by atoms with Crippen molar-refractivity contribution in [1.29, 1.82) is 0 Å². The molecule has 1 unspecified atom stereocenters. The summed E-state index contributed by atoms with van der Waals surface area (Å²) in [5, 5.41) is 5.80. The fourth-order valence-electron chi connectivity index (χ4n) is 3.84. The summed E-state index contributed by atoms with van der Waals surface area (Å²) < 4.78 is 37.3. The number of piperidine rings is 1. The highest BCUT2D eigenvalue weighted by Crippen LogP contribution is 2.20. The minimum absolute atomic E-state index is 0.115. The van der Waals surface area contributed by atoms with Crippen LogP contribution in [0.3, 0.4) is 0 Å². The molecule has 3 rings (SSSR count). The molecule has 8 heteroatoms. The predicted molar refractivity (Wildman–Crippen MR) is 97.3 cm³/mol. The molecule has 2 saturated heterocycles. The third kappa shape index (κ3) is 6.70. The number of nitrogens with one attached hydrogen (secondary N) is 2. The zero-order valence-electron chi connectivity index (χ0n) is 15.3. The van der Waals surface area contributed by atoms with Gasteiger partial charge in [0.25, 0.3) is 0 Å². The van der Waals surface area contributed by atoms with Crippen LogP contribution in [0.15, 0.2) is 30.3 Å². The molecule has 5 nitrogen and oxygen atoms in total. The average Bonchev–Trinajstić information content (AvgIpc) is 3.02. The summed E-state index contributed by atoms with van der Waals surface area (Å²) in [6.07, 6.45) is -1.87. The van der Waals surface area contributed by atoms with E-state index in [4.69, 9.17) is 0 Å². The van der Waals surface area contributed by atoms with Crippen LogP contribution in [0.1, 0.15) is 24.8 Å². The number of carbonyl (C=O) groups is 1. The number of carbonyl (C=O) groups excluding carboxylic acids is 1. The number of amides is 2. The number of rotatable bonds is 5. The molecular weight excluding hydrogens is 357 g/mol. The van der Waals surface area contributed by atoms with E-state index in [0.29, 0.717) is 13.0 Å². The zero-order chi connectivity index (χ0) is 19.3. The van der Waals surface area contributed by atoms with Gasteiger partial charge in [-0.15, -0.1) is 0 Å². The van der Waals surface area contributed by atoms with E-state index < -0.39 is 12.7 Å². The first-order valence-corrected chi connectivity index (χ1v) is 9.50. The molecule has 2 heterocycles. The second-order valence-electron chi connectivity index (χ2n) is 7.49. The summed E-state index contributed by atoms with van der Waals surface area (Å²) in [6.45, 7) is 2.46. The highest BCUT2D eigenvalue weighted by molar-refractivity contribution is 5.74.